The van der Waals surface area contributed by atoms with Crippen molar-refractivity contribution in [1.29, 1.82) is 0 Å². The Labute approximate surface area is 112 Å². The van der Waals surface area contributed by atoms with Crippen LogP contribution in [0.4, 0.5) is 0 Å². The Morgan fingerprint density at radius 2 is 2.24 bits per heavy atom. The van der Waals surface area contributed by atoms with Crippen molar-refractivity contribution in [3.63, 3.8) is 0 Å². The van der Waals surface area contributed by atoms with Crippen molar-refractivity contribution in [1.82, 2.24) is 10.2 Å². The van der Waals surface area contributed by atoms with E-state index in [1.807, 2.05) is 0 Å². The van der Waals surface area contributed by atoms with E-state index in [1.165, 1.54) is 50.4 Å². The minimum absolute atomic E-state index is 0.769. The monoisotopic (exact) mass is 258 g/mol. The summed E-state index contributed by atoms with van der Waals surface area (Å²) < 4.78 is 0. The number of likely N-dealkylation sites (tertiary alicyclic amines) is 1. The molecule has 0 bridgehead atoms. The highest BCUT2D eigenvalue weighted by Crippen LogP contribution is 2.17. The van der Waals surface area contributed by atoms with Gasteiger partial charge in [0.15, 0.2) is 0 Å². The quantitative estimate of drug-likeness (QED) is 0.640. The highest BCUT2D eigenvalue weighted by atomic mass is 32.2. The molecule has 1 N–H and O–H groups in total. The van der Waals surface area contributed by atoms with Crippen molar-refractivity contribution >= 4 is 11.8 Å². The van der Waals surface area contributed by atoms with E-state index in [9.17, 15) is 0 Å². The summed E-state index contributed by atoms with van der Waals surface area (Å²) in [5.74, 6) is 3.37. The standard InChI is InChI=1S/C14H30N2S/c1-4-17-10-6-9-16-8-5-7-14(16)12-15-11-13(2)3/h13-15H,4-12H2,1-3H3. The van der Waals surface area contributed by atoms with Crippen LogP contribution >= 0.6 is 11.8 Å². The van der Waals surface area contributed by atoms with Gasteiger partial charge in [-0.2, -0.15) is 11.8 Å². The van der Waals surface area contributed by atoms with Crippen LogP contribution in [0.25, 0.3) is 0 Å². The van der Waals surface area contributed by atoms with Crippen LogP contribution in [-0.2, 0) is 0 Å². The van der Waals surface area contributed by atoms with Crippen LogP contribution in [0.5, 0.6) is 0 Å². The zero-order valence-corrected chi connectivity index (χ0v) is 12.7. The Bertz CT molecular complexity index is 185. The third kappa shape index (κ3) is 6.68. The lowest BCUT2D eigenvalue weighted by Crippen LogP contribution is -2.39. The van der Waals surface area contributed by atoms with Gasteiger partial charge < -0.3 is 5.32 Å². The Balaban J connectivity index is 2.10. The van der Waals surface area contributed by atoms with Gasteiger partial charge in [0, 0.05) is 12.6 Å². The largest absolute Gasteiger partial charge is 0.315 e. The maximum Gasteiger partial charge on any atom is 0.0221 e. The lowest BCUT2D eigenvalue weighted by atomic mass is 10.2. The summed E-state index contributed by atoms with van der Waals surface area (Å²) in [6, 6.07) is 0.806. The van der Waals surface area contributed by atoms with Crippen molar-refractivity contribution in [3.05, 3.63) is 0 Å². The van der Waals surface area contributed by atoms with Gasteiger partial charge >= 0.3 is 0 Å². The zero-order chi connectivity index (χ0) is 12.5. The van der Waals surface area contributed by atoms with Crippen LogP contribution in [0.15, 0.2) is 0 Å². The predicted molar refractivity (Wildman–Crippen MR) is 79.9 cm³/mol. The van der Waals surface area contributed by atoms with Gasteiger partial charge in [0.2, 0.25) is 0 Å². The van der Waals surface area contributed by atoms with Gasteiger partial charge in [-0.25, -0.2) is 0 Å². The van der Waals surface area contributed by atoms with Gasteiger partial charge in [0.05, 0.1) is 0 Å². The van der Waals surface area contributed by atoms with Gasteiger partial charge in [-0.3, -0.25) is 4.90 Å². The van der Waals surface area contributed by atoms with Crippen molar-refractivity contribution in [2.24, 2.45) is 5.92 Å². The Hall–Kier alpha value is 0.270. The Morgan fingerprint density at radius 3 is 2.94 bits per heavy atom. The average Bonchev–Trinajstić information content (AvgIpc) is 2.72. The second kappa shape index (κ2) is 9.23. The molecule has 0 aliphatic carbocycles. The third-order valence-electron chi connectivity index (χ3n) is 3.37. The van der Waals surface area contributed by atoms with E-state index in [2.05, 4.69) is 42.7 Å². The topological polar surface area (TPSA) is 15.3 Å². The SMILES string of the molecule is CCSCCCN1CCCC1CNCC(C)C. The maximum atomic E-state index is 3.61. The van der Waals surface area contributed by atoms with Crippen LogP contribution in [0, 0.1) is 5.92 Å². The number of rotatable bonds is 9. The van der Waals surface area contributed by atoms with Gasteiger partial charge in [-0.05, 0) is 56.3 Å². The van der Waals surface area contributed by atoms with Gasteiger partial charge in [-0.1, -0.05) is 20.8 Å². The number of hydrogen-bond donors (Lipinski definition) is 1. The van der Waals surface area contributed by atoms with E-state index in [4.69, 9.17) is 0 Å². The molecule has 0 saturated carbocycles. The molecular formula is C14H30N2S. The Morgan fingerprint density at radius 1 is 1.41 bits per heavy atom. The molecular weight excluding hydrogens is 228 g/mol. The summed E-state index contributed by atoms with van der Waals surface area (Å²) in [7, 11) is 0. The summed E-state index contributed by atoms with van der Waals surface area (Å²) in [4.78, 5) is 2.70. The van der Waals surface area contributed by atoms with Crippen molar-refractivity contribution in [3.8, 4) is 0 Å². The first-order valence-corrected chi connectivity index (χ1v) is 8.42. The second-order valence-electron chi connectivity index (χ2n) is 5.43. The van der Waals surface area contributed by atoms with E-state index >= 15 is 0 Å². The molecule has 1 fully saturated rings. The molecule has 1 aliphatic rings. The van der Waals surface area contributed by atoms with Crippen molar-refractivity contribution in [2.75, 3.05) is 37.7 Å². The lowest BCUT2D eigenvalue weighted by molar-refractivity contribution is 0.247. The lowest BCUT2D eigenvalue weighted by Gasteiger charge is -2.25. The molecule has 1 heterocycles. The number of hydrogen-bond acceptors (Lipinski definition) is 3. The van der Waals surface area contributed by atoms with Crippen LogP contribution < -0.4 is 5.32 Å². The normalized spacial score (nSPS) is 21.5. The molecule has 0 aromatic heterocycles. The fourth-order valence-corrected chi connectivity index (χ4v) is 3.10. The van der Waals surface area contributed by atoms with Crippen LogP contribution in [-0.4, -0.2) is 48.6 Å². The molecule has 17 heavy (non-hydrogen) atoms. The highest BCUT2D eigenvalue weighted by molar-refractivity contribution is 7.99. The maximum absolute atomic E-state index is 3.61. The molecule has 0 spiro atoms. The molecule has 1 atom stereocenters. The highest BCUT2D eigenvalue weighted by Gasteiger charge is 2.23. The van der Waals surface area contributed by atoms with E-state index in [-0.39, 0.29) is 0 Å². The molecule has 1 saturated heterocycles. The van der Waals surface area contributed by atoms with Gasteiger partial charge in [0.1, 0.15) is 0 Å². The van der Waals surface area contributed by atoms with Gasteiger partial charge in [0.25, 0.3) is 0 Å². The van der Waals surface area contributed by atoms with Crippen LogP contribution in [0.2, 0.25) is 0 Å². The van der Waals surface area contributed by atoms with E-state index in [1.54, 1.807) is 0 Å². The van der Waals surface area contributed by atoms with E-state index in [0.717, 1.165) is 18.5 Å². The minimum atomic E-state index is 0.769. The summed E-state index contributed by atoms with van der Waals surface area (Å²) in [6.45, 7) is 11.8. The molecule has 1 unspecified atom stereocenters. The number of nitrogens with zero attached hydrogens (tertiary/aromatic N) is 1. The predicted octanol–water partition coefficient (Wildman–Crippen LogP) is 2.84. The fourth-order valence-electron chi connectivity index (χ4n) is 2.47. The molecule has 102 valence electrons. The average molecular weight is 258 g/mol. The summed E-state index contributed by atoms with van der Waals surface area (Å²) >= 11 is 2.07. The Kier molecular flexibility index (Phi) is 8.33. The molecule has 2 nitrogen and oxygen atoms in total. The van der Waals surface area contributed by atoms with Crippen molar-refractivity contribution < 1.29 is 0 Å². The number of nitrogens with one attached hydrogen (secondary N) is 1. The fraction of sp³-hybridized carbons (Fsp3) is 1.00. The summed E-state index contributed by atoms with van der Waals surface area (Å²) in [6.07, 6.45) is 4.15. The molecule has 1 aliphatic heterocycles. The first kappa shape index (κ1) is 15.3. The van der Waals surface area contributed by atoms with E-state index in [0.29, 0.717) is 0 Å². The molecule has 0 aromatic carbocycles. The van der Waals surface area contributed by atoms with Gasteiger partial charge in [-0.15, -0.1) is 0 Å². The second-order valence-corrected chi connectivity index (χ2v) is 6.83. The minimum Gasteiger partial charge on any atom is -0.315 e. The summed E-state index contributed by atoms with van der Waals surface area (Å²) in [5, 5.41) is 3.61. The third-order valence-corrected chi connectivity index (χ3v) is 4.36. The van der Waals surface area contributed by atoms with Crippen LogP contribution in [0.1, 0.15) is 40.0 Å². The number of thioether (sulfide) groups is 1. The first-order valence-electron chi connectivity index (χ1n) is 7.26. The zero-order valence-electron chi connectivity index (χ0n) is 11.9. The molecule has 0 amide bonds. The molecule has 3 heteroatoms. The van der Waals surface area contributed by atoms with Crippen LogP contribution in [0.3, 0.4) is 0 Å². The van der Waals surface area contributed by atoms with E-state index < -0.39 is 0 Å². The smallest absolute Gasteiger partial charge is 0.0221 e. The van der Waals surface area contributed by atoms with Crippen molar-refractivity contribution in [2.45, 2.75) is 46.1 Å². The molecule has 0 radical (unpaired) electrons. The first-order chi connectivity index (χ1) is 8.24. The molecule has 1 rings (SSSR count). The summed E-state index contributed by atoms with van der Waals surface area (Å²) in [5.41, 5.74) is 0. The molecule has 0 aromatic rings.